The lowest BCUT2D eigenvalue weighted by Gasteiger charge is -2.43. The maximum absolute atomic E-state index is 5.94. The van der Waals surface area contributed by atoms with Crippen LogP contribution in [0.4, 0.5) is 0 Å². The van der Waals surface area contributed by atoms with Crippen LogP contribution in [0.1, 0.15) is 40.0 Å². The van der Waals surface area contributed by atoms with E-state index in [4.69, 9.17) is 10.5 Å². The third-order valence-corrected chi connectivity index (χ3v) is 4.66. The first-order valence-electron chi connectivity index (χ1n) is 6.99. The molecule has 1 rings (SSSR count). The molecule has 3 heteroatoms. The maximum atomic E-state index is 5.94. The van der Waals surface area contributed by atoms with Gasteiger partial charge in [0.2, 0.25) is 0 Å². The number of hydrogen-bond donors (Lipinski definition) is 1. The van der Waals surface area contributed by atoms with Crippen molar-refractivity contribution < 1.29 is 4.74 Å². The highest BCUT2D eigenvalue weighted by Gasteiger charge is 2.32. The number of hydrogen-bond acceptors (Lipinski definition) is 3. The van der Waals surface area contributed by atoms with Crippen molar-refractivity contribution in [1.29, 1.82) is 0 Å². The number of likely N-dealkylation sites (tertiary alicyclic amines) is 1. The van der Waals surface area contributed by atoms with E-state index < -0.39 is 0 Å². The van der Waals surface area contributed by atoms with Gasteiger partial charge in [0.1, 0.15) is 0 Å². The third kappa shape index (κ3) is 3.94. The highest BCUT2D eigenvalue weighted by Crippen LogP contribution is 2.35. The second-order valence-electron chi connectivity index (χ2n) is 5.94. The van der Waals surface area contributed by atoms with Crippen molar-refractivity contribution in [1.82, 2.24) is 4.90 Å². The van der Waals surface area contributed by atoms with Crippen molar-refractivity contribution in [3.63, 3.8) is 0 Å². The smallest absolute Gasteiger partial charge is 0.0503 e. The van der Waals surface area contributed by atoms with Crippen LogP contribution >= 0.6 is 0 Å². The van der Waals surface area contributed by atoms with Gasteiger partial charge in [-0.05, 0) is 37.3 Å². The van der Waals surface area contributed by atoms with Gasteiger partial charge < -0.3 is 10.5 Å². The number of piperidine rings is 1. The van der Waals surface area contributed by atoms with Crippen LogP contribution < -0.4 is 5.73 Å². The van der Waals surface area contributed by atoms with Crippen LogP contribution in [0.25, 0.3) is 0 Å². The quantitative estimate of drug-likeness (QED) is 0.775. The third-order valence-electron chi connectivity index (χ3n) is 4.66. The van der Waals surface area contributed by atoms with Gasteiger partial charge in [-0.2, -0.15) is 0 Å². The summed E-state index contributed by atoms with van der Waals surface area (Å²) in [5, 5.41) is 0. The molecule has 2 unspecified atom stereocenters. The highest BCUT2D eigenvalue weighted by molar-refractivity contribution is 4.86. The molecule has 2 atom stereocenters. The predicted molar refractivity (Wildman–Crippen MR) is 73.1 cm³/mol. The van der Waals surface area contributed by atoms with Crippen LogP contribution in [0.2, 0.25) is 0 Å². The Morgan fingerprint density at radius 3 is 2.35 bits per heavy atom. The SMILES string of the molecule is CCC1(C)CCN(C(CN)C(C)COC)CC1. The summed E-state index contributed by atoms with van der Waals surface area (Å²) < 4.78 is 5.26. The van der Waals surface area contributed by atoms with Gasteiger partial charge >= 0.3 is 0 Å². The molecule has 1 aliphatic rings. The summed E-state index contributed by atoms with van der Waals surface area (Å²) in [4.78, 5) is 2.57. The Bertz CT molecular complexity index is 212. The molecule has 0 aromatic rings. The van der Waals surface area contributed by atoms with E-state index >= 15 is 0 Å². The molecular formula is C14H30N2O. The van der Waals surface area contributed by atoms with Crippen LogP contribution in [0, 0.1) is 11.3 Å². The van der Waals surface area contributed by atoms with Gasteiger partial charge in [-0.1, -0.05) is 27.2 Å². The molecule has 0 saturated carbocycles. The van der Waals surface area contributed by atoms with E-state index in [0.717, 1.165) is 13.2 Å². The van der Waals surface area contributed by atoms with E-state index in [1.807, 2.05) is 0 Å². The summed E-state index contributed by atoms with van der Waals surface area (Å²) in [5.74, 6) is 0.524. The van der Waals surface area contributed by atoms with Crippen LogP contribution in [0.15, 0.2) is 0 Å². The average Bonchev–Trinajstić information content (AvgIpc) is 2.33. The molecule has 0 bridgehead atoms. The molecule has 0 aliphatic carbocycles. The maximum Gasteiger partial charge on any atom is 0.0503 e. The van der Waals surface area contributed by atoms with Gasteiger partial charge in [0, 0.05) is 19.7 Å². The van der Waals surface area contributed by atoms with E-state index in [-0.39, 0.29) is 0 Å². The molecule has 1 heterocycles. The van der Waals surface area contributed by atoms with Crippen LogP contribution in [0.5, 0.6) is 0 Å². The van der Waals surface area contributed by atoms with Crippen LogP contribution in [-0.2, 0) is 4.74 Å². The molecule has 0 aromatic carbocycles. The second-order valence-corrected chi connectivity index (χ2v) is 5.94. The Hall–Kier alpha value is -0.120. The Morgan fingerprint density at radius 2 is 1.94 bits per heavy atom. The zero-order chi connectivity index (χ0) is 12.9. The minimum Gasteiger partial charge on any atom is -0.384 e. The number of nitrogens with two attached hydrogens (primary N) is 1. The first kappa shape index (κ1) is 14.9. The minimum absolute atomic E-state index is 0.483. The van der Waals surface area contributed by atoms with E-state index in [9.17, 15) is 0 Å². The number of ether oxygens (including phenoxy) is 1. The molecule has 2 N–H and O–H groups in total. The second kappa shape index (κ2) is 6.72. The zero-order valence-corrected chi connectivity index (χ0v) is 12.0. The van der Waals surface area contributed by atoms with Crippen LogP contribution in [-0.4, -0.2) is 44.3 Å². The van der Waals surface area contributed by atoms with Crippen molar-refractivity contribution in [2.24, 2.45) is 17.1 Å². The molecule has 1 fully saturated rings. The van der Waals surface area contributed by atoms with Gasteiger partial charge in [0.15, 0.2) is 0 Å². The summed E-state index contributed by atoms with van der Waals surface area (Å²) in [6.45, 7) is 10.9. The standard InChI is InChI=1S/C14H30N2O/c1-5-14(3)6-8-16(9-7-14)13(10-15)12(2)11-17-4/h12-13H,5-11,15H2,1-4H3. The van der Waals surface area contributed by atoms with E-state index in [2.05, 4.69) is 25.7 Å². The largest absolute Gasteiger partial charge is 0.384 e. The molecule has 0 spiro atoms. The predicted octanol–water partition coefficient (Wildman–Crippen LogP) is 2.11. The lowest BCUT2D eigenvalue weighted by atomic mass is 9.77. The molecule has 3 nitrogen and oxygen atoms in total. The lowest BCUT2D eigenvalue weighted by molar-refractivity contribution is 0.0392. The number of nitrogens with zero attached hydrogens (tertiary/aromatic N) is 1. The van der Waals surface area contributed by atoms with Gasteiger partial charge in [0.05, 0.1) is 6.61 Å². The molecule has 0 radical (unpaired) electrons. The fourth-order valence-corrected chi connectivity index (χ4v) is 2.86. The van der Waals surface area contributed by atoms with Crippen molar-refractivity contribution in [2.75, 3.05) is 33.4 Å². The summed E-state index contributed by atoms with van der Waals surface area (Å²) >= 11 is 0. The summed E-state index contributed by atoms with van der Waals surface area (Å²) in [5.41, 5.74) is 6.49. The average molecular weight is 242 g/mol. The van der Waals surface area contributed by atoms with Crippen molar-refractivity contribution in [3.05, 3.63) is 0 Å². The van der Waals surface area contributed by atoms with Crippen molar-refractivity contribution in [2.45, 2.75) is 46.1 Å². The van der Waals surface area contributed by atoms with Gasteiger partial charge in [-0.25, -0.2) is 0 Å². The molecule has 0 aromatic heterocycles. The zero-order valence-electron chi connectivity index (χ0n) is 12.0. The molecule has 102 valence electrons. The van der Waals surface area contributed by atoms with Crippen LogP contribution in [0.3, 0.4) is 0 Å². The summed E-state index contributed by atoms with van der Waals surface area (Å²) in [7, 11) is 1.77. The van der Waals surface area contributed by atoms with Crippen molar-refractivity contribution in [3.8, 4) is 0 Å². The van der Waals surface area contributed by atoms with Gasteiger partial charge in [-0.15, -0.1) is 0 Å². The fourth-order valence-electron chi connectivity index (χ4n) is 2.86. The highest BCUT2D eigenvalue weighted by atomic mass is 16.5. The van der Waals surface area contributed by atoms with Crippen molar-refractivity contribution >= 4 is 0 Å². The van der Waals surface area contributed by atoms with E-state index in [1.165, 1.54) is 32.4 Å². The van der Waals surface area contributed by atoms with Gasteiger partial charge in [-0.3, -0.25) is 4.90 Å². The Labute approximate surface area is 107 Å². The summed E-state index contributed by atoms with van der Waals surface area (Å²) in [6, 6.07) is 0.483. The first-order chi connectivity index (χ1) is 8.06. The Balaban J connectivity index is 2.50. The van der Waals surface area contributed by atoms with E-state index in [0.29, 0.717) is 17.4 Å². The number of rotatable bonds is 6. The summed E-state index contributed by atoms with van der Waals surface area (Å²) in [6.07, 6.45) is 3.90. The lowest BCUT2D eigenvalue weighted by Crippen LogP contribution is -2.50. The minimum atomic E-state index is 0.483. The first-order valence-corrected chi connectivity index (χ1v) is 6.99. The molecular weight excluding hydrogens is 212 g/mol. The fraction of sp³-hybridized carbons (Fsp3) is 1.00. The Morgan fingerprint density at radius 1 is 1.35 bits per heavy atom. The normalized spacial score (nSPS) is 24.5. The van der Waals surface area contributed by atoms with Gasteiger partial charge in [0.25, 0.3) is 0 Å². The van der Waals surface area contributed by atoms with E-state index in [1.54, 1.807) is 7.11 Å². The topological polar surface area (TPSA) is 38.5 Å². The number of methoxy groups -OCH3 is 1. The molecule has 1 saturated heterocycles. The monoisotopic (exact) mass is 242 g/mol. The molecule has 17 heavy (non-hydrogen) atoms. The molecule has 1 aliphatic heterocycles. The molecule has 0 amide bonds. The Kier molecular flexibility index (Phi) is 5.90.